The van der Waals surface area contributed by atoms with Gasteiger partial charge in [-0.3, -0.25) is 4.79 Å². The maximum Gasteiger partial charge on any atom is 0.326 e. The molecule has 0 aromatic carbocycles. The third kappa shape index (κ3) is 2.71. The summed E-state index contributed by atoms with van der Waals surface area (Å²) < 4.78 is 0. The number of hydrogen-bond acceptors (Lipinski definition) is 3. The minimum absolute atomic E-state index is 0.00222. The average Bonchev–Trinajstić information content (AvgIpc) is 3.12. The lowest BCUT2D eigenvalue weighted by atomic mass is 9.92. The van der Waals surface area contributed by atoms with Crippen LogP contribution in [0.4, 0.5) is 0 Å². The third-order valence-electron chi connectivity index (χ3n) is 4.78. The molecule has 1 aromatic rings. The smallest absolute Gasteiger partial charge is 0.326 e. The summed E-state index contributed by atoms with van der Waals surface area (Å²) in [5.74, 6) is -0.125. The lowest BCUT2D eigenvalue weighted by molar-refractivity contribution is -0.153. The number of amides is 1. The van der Waals surface area contributed by atoms with Crippen LogP contribution in [0.1, 0.15) is 42.5 Å². The van der Waals surface area contributed by atoms with Gasteiger partial charge in [0.25, 0.3) is 0 Å². The molecular weight excluding hydrogens is 286 g/mol. The number of likely N-dealkylation sites (tertiary alicyclic amines) is 1. The van der Waals surface area contributed by atoms with Crippen molar-refractivity contribution in [3.63, 3.8) is 0 Å². The number of carbonyl (C=O) groups is 2. The van der Waals surface area contributed by atoms with Crippen molar-refractivity contribution in [2.24, 2.45) is 11.8 Å². The molecular formula is C16H21NO3S. The second-order valence-corrected chi connectivity index (χ2v) is 7.38. The average molecular weight is 307 g/mol. The minimum Gasteiger partial charge on any atom is -0.480 e. The van der Waals surface area contributed by atoms with Gasteiger partial charge in [-0.05, 0) is 49.1 Å². The molecule has 2 heterocycles. The number of hydrogen-bond donors (Lipinski definition) is 1. The zero-order valence-corrected chi connectivity index (χ0v) is 13.2. The number of carbonyl (C=O) groups excluding carboxylic acids is 1. The number of rotatable bonds is 3. The standard InChI is InChI=1S/C16H21NO3S/c1-9-3-5-17(13(7-9)16(19)20)15(18)12-8-11(12)14-10(2)4-6-21-14/h4,6,9,11-13H,3,5,7-8H2,1-2H3,(H,19,20). The Kier molecular flexibility index (Phi) is 3.78. The largest absolute Gasteiger partial charge is 0.480 e. The van der Waals surface area contributed by atoms with Crippen molar-refractivity contribution >= 4 is 23.2 Å². The highest BCUT2D eigenvalue weighted by atomic mass is 32.1. The Balaban J connectivity index is 1.71. The summed E-state index contributed by atoms with van der Waals surface area (Å²) in [5.41, 5.74) is 1.25. The van der Waals surface area contributed by atoms with E-state index < -0.39 is 12.0 Å². The highest BCUT2D eigenvalue weighted by Gasteiger charge is 2.49. The molecule has 1 saturated heterocycles. The van der Waals surface area contributed by atoms with Crippen LogP contribution in [0, 0.1) is 18.8 Å². The van der Waals surface area contributed by atoms with E-state index in [1.807, 2.05) is 0 Å². The monoisotopic (exact) mass is 307 g/mol. The zero-order valence-electron chi connectivity index (χ0n) is 12.4. The molecule has 0 radical (unpaired) electrons. The van der Waals surface area contributed by atoms with Crippen molar-refractivity contribution < 1.29 is 14.7 Å². The van der Waals surface area contributed by atoms with Crippen LogP contribution < -0.4 is 0 Å². The summed E-state index contributed by atoms with van der Waals surface area (Å²) in [5, 5.41) is 11.4. The van der Waals surface area contributed by atoms with Crippen molar-refractivity contribution in [3.05, 3.63) is 21.9 Å². The van der Waals surface area contributed by atoms with Crippen LogP contribution in [-0.2, 0) is 9.59 Å². The highest BCUT2D eigenvalue weighted by molar-refractivity contribution is 7.10. The molecule has 3 rings (SSSR count). The summed E-state index contributed by atoms with van der Waals surface area (Å²) in [7, 11) is 0. The fourth-order valence-electron chi connectivity index (χ4n) is 3.37. The predicted octanol–water partition coefficient (Wildman–Crippen LogP) is 2.87. The molecule has 1 amide bonds. The first-order valence-corrected chi connectivity index (χ1v) is 8.44. The van der Waals surface area contributed by atoms with Gasteiger partial charge in [-0.2, -0.15) is 0 Å². The molecule has 114 valence electrons. The van der Waals surface area contributed by atoms with E-state index in [4.69, 9.17) is 0 Å². The number of nitrogens with zero attached hydrogens (tertiary/aromatic N) is 1. The van der Waals surface area contributed by atoms with Gasteiger partial charge in [-0.15, -0.1) is 11.3 Å². The first-order chi connectivity index (χ1) is 9.99. The van der Waals surface area contributed by atoms with Crippen molar-refractivity contribution in [2.45, 2.75) is 45.1 Å². The summed E-state index contributed by atoms with van der Waals surface area (Å²) in [4.78, 5) is 27.0. The van der Waals surface area contributed by atoms with E-state index >= 15 is 0 Å². The Morgan fingerprint density at radius 3 is 2.76 bits per heavy atom. The van der Waals surface area contributed by atoms with Gasteiger partial charge in [0, 0.05) is 23.3 Å². The summed E-state index contributed by atoms with van der Waals surface area (Å²) in [6.45, 7) is 4.73. The molecule has 0 bridgehead atoms. The number of carboxylic acid groups (broad SMARTS) is 1. The molecule has 1 N–H and O–H groups in total. The molecule has 1 aliphatic heterocycles. The van der Waals surface area contributed by atoms with E-state index in [9.17, 15) is 14.7 Å². The summed E-state index contributed by atoms with van der Waals surface area (Å²) >= 11 is 1.71. The highest BCUT2D eigenvalue weighted by Crippen LogP contribution is 2.51. The molecule has 0 spiro atoms. The van der Waals surface area contributed by atoms with Gasteiger partial charge in [0.2, 0.25) is 5.91 Å². The van der Waals surface area contributed by atoms with Crippen LogP contribution in [0.25, 0.3) is 0 Å². The first kappa shape index (κ1) is 14.6. The summed E-state index contributed by atoms with van der Waals surface area (Å²) in [6, 6.07) is 1.45. The van der Waals surface area contributed by atoms with Gasteiger partial charge in [0.15, 0.2) is 0 Å². The van der Waals surface area contributed by atoms with E-state index in [-0.39, 0.29) is 11.8 Å². The SMILES string of the molecule is Cc1ccsc1C1CC1C(=O)N1CCC(C)CC1C(=O)O. The van der Waals surface area contributed by atoms with E-state index in [0.717, 1.165) is 12.8 Å². The summed E-state index contributed by atoms with van der Waals surface area (Å²) in [6.07, 6.45) is 2.36. The number of aryl methyl sites for hydroxylation is 1. The fourth-order valence-corrected chi connectivity index (χ4v) is 4.48. The topological polar surface area (TPSA) is 57.6 Å². The zero-order chi connectivity index (χ0) is 15.1. The number of carboxylic acids is 1. The molecule has 5 heteroatoms. The van der Waals surface area contributed by atoms with Gasteiger partial charge >= 0.3 is 5.97 Å². The Hall–Kier alpha value is -1.36. The Morgan fingerprint density at radius 2 is 2.14 bits per heavy atom. The molecule has 4 unspecified atom stereocenters. The maximum atomic E-state index is 12.7. The first-order valence-electron chi connectivity index (χ1n) is 7.56. The molecule has 21 heavy (non-hydrogen) atoms. The Labute approximate surface area is 128 Å². The molecule has 4 nitrogen and oxygen atoms in total. The van der Waals surface area contributed by atoms with Crippen molar-refractivity contribution in [2.75, 3.05) is 6.54 Å². The number of piperidine rings is 1. The van der Waals surface area contributed by atoms with Gasteiger partial charge in [0.1, 0.15) is 6.04 Å². The quantitative estimate of drug-likeness (QED) is 0.934. The lowest BCUT2D eigenvalue weighted by Crippen LogP contribution is -2.50. The molecule has 1 saturated carbocycles. The van der Waals surface area contributed by atoms with E-state index in [0.29, 0.717) is 24.8 Å². The Bertz CT molecular complexity index is 568. The third-order valence-corrected chi connectivity index (χ3v) is 5.93. The molecule has 4 atom stereocenters. The van der Waals surface area contributed by atoms with Gasteiger partial charge in [0.05, 0.1) is 0 Å². The van der Waals surface area contributed by atoms with Crippen molar-refractivity contribution in [1.29, 1.82) is 0 Å². The minimum atomic E-state index is -0.862. The maximum absolute atomic E-state index is 12.7. The number of thiophene rings is 1. The molecule has 2 fully saturated rings. The van der Waals surface area contributed by atoms with Crippen LogP contribution >= 0.6 is 11.3 Å². The molecule has 1 aromatic heterocycles. The van der Waals surface area contributed by atoms with Crippen LogP contribution in [0.5, 0.6) is 0 Å². The predicted molar refractivity (Wildman–Crippen MR) is 81.4 cm³/mol. The normalized spacial score (nSPS) is 32.0. The van der Waals surface area contributed by atoms with Crippen LogP contribution in [0.15, 0.2) is 11.4 Å². The van der Waals surface area contributed by atoms with Crippen LogP contribution in [-0.4, -0.2) is 34.5 Å². The van der Waals surface area contributed by atoms with E-state index in [1.165, 1.54) is 10.4 Å². The molecule has 2 aliphatic rings. The van der Waals surface area contributed by atoms with E-state index in [1.54, 1.807) is 16.2 Å². The molecule has 1 aliphatic carbocycles. The fraction of sp³-hybridized carbons (Fsp3) is 0.625. The van der Waals surface area contributed by atoms with Gasteiger partial charge in [-0.1, -0.05) is 6.92 Å². The van der Waals surface area contributed by atoms with Crippen molar-refractivity contribution in [1.82, 2.24) is 4.90 Å². The lowest BCUT2D eigenvalue weighted by Gasteiger charge is -2.36. The van der Waals surface area contributed by atoms with E-state index in [2.05, 4.69) is 25.3 Å². The van der Waals surface area contributed by atoms with Gasteiger partial charge < -0.3 is 10.0 Å². The van der Waals surface area contributed by atoms with Crippen LogP contribution in [0.3, 0.4) is 0 Å². The van der Waals surface area contributed by atoms with Crippen LogP contribution in [0.2, 0.25) is 0 Å². The second-order valence-electron chi connectivity index (χ2n) is 6.43. The number of aliphatic carboxylic acids is 1. The second kappa shape index (κ2) is 5.44. The van der Waals surface area contributed by atoms with Crippen molar-refractivity contribution in [3.8, 4) is 0 Å². The van der Waals surface area contributed by atoms with Gasteiger partial charge in [-0.25, -0.2) is 4.79 Å². The Morgan fingerprint density at radius 1 is 1.38 bits per heavy atom.